The molecular formula is C11H13FN4. The quantitative estimate of drug-likeness (QED) is 0.845. The van der Waals surface area contributed by atoms with E-state index < -0.39 is 6.04 Å². The van der Waals surface area contributed by atoms with E-state index in [1.54, 1.807) is 10.7 Å². The molecule has 0 amide bonds. The van der Waals surface area contributed by atoms with E-state index in [4.69, 9.17) is 5.73 Å². The molecule has 0 radical (unpaired) electrons. The lowest BCUT2D eigenvalue weighted by molar-refractivity contribution is 0.559. The van der Waals surface area contributed by atoms with Crippen LogP contribution in [-0.4, -0.2) is 14.8 Å². The maximum absolute atomic E-state index is 13.4. The summed E-state index contributed by atoms with van der Waals surface area (Å²) in [6, 6.07) is 4.31. The van der Waals surface area contributed by atoms with Gasteiger partial charge in [-0.2, -0.15) is 5.10 Å². The normalized spacial score (nSPS) is 12.7. The standard InChI is InChI=1S/C11H13FN4/c1-16-6-4-8(15-16)7-10(13)11-9(12)3-2-5-14-11/h2-6,10H,7,13H2,1H3. The van der Waals surface area contributed by atoms with Gasteiger partial charge in [-0.25, -0.2) is 4.39 Å². The molecule has 2 aromatic rings. The molecule has 2 rings (SSSR count). The van der Waals surface area contributed by atoms with Gasteiger partial charge in [0.25, 0.3) is 0 Å². The third-order valence-corrected chi connectivity index (χ3v) is 2.34. The number of hydrogen-bond acceptors (Lipinski definition) is 3. The molecular weight excluding hydrogens is 207 g/mol. The molecule has 0 saturated heterocycles. The number of rotatable bonds is 3. The van der Waals surface area contributed by atoms with Crippen LogP contribution in [0.25, 0.3) is 0 Å². The van der Waals surface area contributed by atoms with E-state index in [1.807, 2.05) is 19.3 Å². The lowest BCUT2D eigenvalue weighted by atomic mass is 10.1. The molecule has 84 valence electrons. The second-order valence-electron chi connectivity index (χ2n) is 3.66. The molecule has 1 unspecified atom stereocenters. The van der Waals surface area contributed by atoms with Crippen molar-refractivity contribution in [3.05, 3.63) is 47.8 Å². The Bertz CT molecular complexity index is 480. The first-order chi connectivity index (χ1) is 7.66. The van der Waals surface area contributed by atoms with Gasteiger partial charge in [-0.1, -0.05) is 0 Å². The van der Waals surface area contributed by atoms with Crippen LogP contribution in [0.3, 0.4) is 0 Å². The van der Waals surface area contributed by atoms with E-state index in [2.05, 4.69) is 10.1 Å². The Labute approximate surface area is 92.9 Å². The molecule has 1 atom stereocenters. The number of halogens is 1. The molecule has 2 heterocycles. The highest BCUT2D eigenvalue weighted by Crippen LogP contribution is 2.15. The average molecular weight is 220 g/mol. The van der Waals surface area contributed by atoms with Gasteiger partial charge in [0.15, 0.2) is 0 Å². The van der Waals surface area contributed by atoms with Crippen LogP contribution in [0.2, 0.25) is 0 Å². The fraction of sp³-hybridized carbons (Fsp3) is 0.273. The summed E-state index contributed by atoms with van der Waals surface area (Å²) in [6.07, 6.45) is 3.85. The van der Waals surface area contributed by atoms with E-state index in [0.29, 0.717) is 6.42 Å². The summed E-state index contributed by atoms with van der Waals surface area (Å²) in [4.78, 5) is 3.95. The smallest absolute Gasteiger partial charge is 0.146 e. The van der Waals surface area contributed by atoms with Gasteiger partial charge < -0.3 is 5.73 Å². The van der Waals surface area contributed by atoms with E-state index in [0.717, 1.165) is 5.69 Å². The second-order valence-corrected chi connectivity index (χ2v) is 3.66. The van der Waals surface area contributed by atoms with Crippen LogP contribution < -0.4 is 5.73 Å². The van der Waals surface area contributed by atoms with E-state index >= 15 is 0 Å². The minimum absolute atomic E-state index is 0.285. The fourth-order valence-corrected chi connectivity index (χ4v) is 1.56. The summed E-state index contributed by atoms with van der Waals surface area (Å²) in [7, 11) is 1.83. The number of hydrogen-bond donors (Lipinski definition) is 1. The Morgan fingerprint density at radius 1 is 1.50 bits per heavy atom. The molecule has 0 bridgehead atoms. The van der Waals surface area contributed by atoms with Gasteiger partial charge in [-0.15, -0.1) is 0 Å². The Hall–Kier alpha value is -1.75. The predicted molar refractivity (Wildman–Crippen MR) is 58.0 cm³/mol. The van der Waals surface area contributed by atoms with Crippen LogP contribution in [0.5, 0.6) is 0 Å². The van der Waals surface area contributed by atoms with Crippen LogP contribution >= 0.6 is 0 Å². The van der Waals surface area contributed by atoms with Crippen molar-refractivity contribution in [3.63, 3.8) is 0 Å². The second kappa shape index (κ2) is 4.40. The summed E-state index contributed by atoms with van der Waals surface area (Å²) >= 11 is 0. The number of nitrogens with two attached hydrogens (primary N) is 1. The molecule has 0 aliphatic heterocycles. The highest BCUT2D eigenvalue weighted by Gasteiger charge is 2.14. The third kappa shape index (κ3) is 2.25. The van der Waals surface area contributed by atoms with Crippen LogP contribution in [0, 0.1) is 5.82 Å². The Kier molecular flexibility index (Phi) is 2.96. The maximum atomic E-state index is 13.4. The van der Waals surface area contributed by atoms with Crippen LogP contribution in [0.1, 0.15) is 17.4 Å². The van der Waals surface area contributed by atoms with Crippen LogP contribution in [0.4, 0.5) is 4.39 Å². The number of aromatic nitrogens is 3. The molecule has 16 heavy (non-hydrogen) atoms. The lowest BCUT2D eigenvalue weighted by Crippen LogP contribution is -2.17. The van der Waals surface area contributed by atoms with Gasteiger partial charge in [0.2, 0.25) is 0 Å². The monoisotopic (exact) mass is 220 g/mol. The first-order valence-electron chi connectivity index (χ1n) is 5.01. The van der Waals surface area contributed by atoms with Crippen molar-refractivity contribution in [1.82, 2.24) is 14.8 Å². The Morgan fingerprint density at radius 2 is 2.31 bits per heavy atom. The summed E-state index contributed by atoms with van der Waals surface area (Å²) in [5, 5.41) is 4.19. The van der Waals surface area contributed by atoms with E-state index in [1.165, 1.54) is 12.3 Å². The largest absolute Gasteiger partial charge is 0.322 e. The van der Waals surface area contributed by atoms with Crippen LogP contribution in [-0.2, 0) is 13.5 Å². The van der Waals surface area contributed by atoms with Gasteiger partial charge in [-0.05, 0) is 18.2 Å². The minimum Gasteiger partial charge on any atom is -0.322 e. The molecule has 0 saturated carbocycles. The van der Waals surface area contributed by atoms with Gasteiger partial charge in [0, 0.05) is 25.9 Å². The highest BCUT2D eigenvalue weighted by atomic mass is 19.1. The Balaban J connectivity index is 2.14. The summed E-state index contributed by atoms with van der Waals surface area (Å²) in [5.41, 5.74) is 7.00. The molecule has 0 aliphatic rings. The zero-order valence-electron chi connectivity index (χ0n) is 8.97. The molecule has 0 spiro atoms. The first-order valence-corrected chi connectivity index (χ1v) is 5.01. The maximum Gasteiger partial charge on any atom is 0.146 e. The molecule has 0 fully saturated rings. The number of pyridine rings is 1. The highest BCUT2D eigenvalue weighted by molar-refractivity contribution is 5.14. The summed E-state index contributed by atoms with van der Waals surface area (Å²) in [5.74, 6) is -0.370. The van der Waals surface area contributed by atoms with Crippen molar-refractivity contribution in [1.29, 1.82) is 0 Å². The van der Waals surface area contributed by atoms with Crippen molar-refractivity contribution in [2.24, 2.45) is 12.8 Å². The van der Waals surface area contributed by atoms with Gasteiger partial charge >= 0.3 is 0 Å². The zero-order valence-corrected chi connectivity index (χ0v) is 8.97. The molecule has 5 heteroatoms. The van der Waals surface area contributed by atoms with Crippen LogP contribution in [0.15, 0.2) is 30.6 Å². The fourth-order valence-electron chi connectivity index (χ4n) is 1.56. The lowest BCUT2D eigenvalue weighted by Gasteiger charge is -2.09. The Morgan fingerprint density at radius 3 is 2.94 bits per heavy atom. The first kappa shape index (κ1) is 10.8. The van der Waals surface area contributed by atoms with E-state index in [9.17, 15) is 4.39 Å². The van der Waals surface area contributed by atoms with Crippen molar-refractivity contribution in [2.75, 3.05) is 0 Å². The molecule has 0 aromatic carbocycles. The van der Waals surface area contributed by atoms with Gasteiger partial charge in [0.1, 0.15) is 5.82 Å². The summed E-state index contributed by atoms with van der Waals surface area (Å²) in [6.45, 7) is 0. The molecule has 0 aliphatic carbocycles. The summed E-state index contributed by atoms with van der Waals surface area (Å²) < 4.78 is 15.1. The number of nitrogens with zero attached hydrogens (tertiary/aromatic N) is 3. The zero-order chi connectivity index (χ0) is 11.5. The van der Waals surface area contributed by atoms with E-state index in [-0.39, 0.29) is 11.5 Å². The molecule has 2 N–H and O–H groups in total. The third-order valence-electron chi connectivity index (χ3n) is 2.34. The average Bonchev–Trinajstić information content (AvgIpc) is 2.64. The molecule has 2 aromatic heterocycles. The predicted octanol–water partition coefficient (Wildman–Crippen LogP) is 1.20. The van der Waals surface area contributed by atoms with Gasteiger partial charge in [-0.3, -0.25) is 9.67 Å². The topological polar surface area (TPSA) is 56.7 Å². The van der Waals surface area contributed by atoms with Crippen molar-refractivity contribution in [3.8, 4) is 0 Å². The van der Waals surface area contributed by atoms with Crippen molar-refractivity contribution in [2.45, 2.75) is 12.5 Å². The SMILES string of the molecule is Cn1ccc(CC(N)c2ncccc2F)n1. The van der Waals surface area contributed by atoms with Crippen molar-refractivity contribution < 1.29 is 4.39 Å². The van der Waals surface area contributed by atoms with Gasteiger partial charge in [0.05, 0.1) is 17.4 Å². The van der Waals surface area contributed by atoms with Crippen molar-refractivity contribution >= 4 is 0 Å². The molecule has 4 nitrogen and oxygen atoms in total. The minimum atomic E-state index is -0.462. The number of aryl methyl sites for hydroxylation is 1.